The number of anilines is 1. The molecule has 3 aromatic rings. The van der Waals surface area contributed by atoms with Crippen LogP contribution in [0.1, 0.15) is 47.3 Å². The van der Waals surface area contributed by atoms with Crippen LogP contribution in [-0.4, -0.2) is 36.0 Å². The molecule has 204 valence electrons. The summed E-state index contributed by atoms with van der Waals surface area (Å²) in [4.78, 5) is 39.7. The molecule has 0 radical (unpaired) electrons. The lowest BCUT2D eigenvalue weighted by Crippen LogP contribution is -2.46. The van der Waals surface area contributed by atoms with E-state index in [1.165, 1.54) is 0 Å². The van der Waals surface area contributed by atoms with Crippen molar-refractivity contribution in [2.45, 2.75) is 38.1 Å². The Bertz CT molecular complexity index is 1380. The molecule has 0 unspecified atom stereocenters. The lowest BCUT2D eigenvalue weighted by molar-refractivity contribution is -0.141. The van der Waals surface area contributed by atoms with Gasteiger partial charge in [-0.25, -0.2) is 4.79 Å². The predicted octanol–water partition coefficient (Wildman–Crippen LogP) is 7.15. The third-order valence-electron chi connectivity index (χ3n) is 6.77. The van der Waals surface area contributed by atoms with E-state index in [9.17, 15) is 19.5 Å². The molecule has 0 spiro atoms. The molecule has 4 rings (SSSR count). The zero-order valence-corrected chi connectivity index (χ0v) is 23.6. The fourth-order valence-corrected chi connectivity index (χ4v) is 6.35. The minimum atomic E-state index is -1.07. The zero-order valence-electron chi connectivity index (χ0n) is 21.3. The van der Waals surface area contributed by atoms with Gasteiger partial charge in [0.05, 0.1) is 22.8 Å². The summed E-state index contributed by atoms with van der Waals surface area (Å²) in [5, 5.41) is 15.9. The van der Waals surface area contributed by atoms with Crippen LogP contribution in [0.3, 0.4) is 0 Å². The van der Waals surface area contributed by atoms with Gasteiger partial charge in [0.2, 0.25) is 0 Å². The fraction of sp³-hybridized carbons (Fsp3) is 0.276. The standard InChI is InChI=1S/C29H28Cl2N2O5S/c1-16(24-20(30)9-6-10-21(24)31)27(34)32-22-15-23(17-11-13-19(38-2)14-12-17)39-26(22)28(35)33-25(29(36)37)18-7-4-3-5-8-18/h6,9-15,18,25H,1,3-5,7-8H2,2H3,(H,32,34)(H,33,35)(H,36,37)/t25-/m0/s1. The second kappa shape index (κ2) is 12.7. The van der Waals surface area contributed by atoms with E-state index in [0.717, 1.165) is 49.0 Å². The van der Waals surface area contributed by atoms with Gasteiger partial charge in [0.1, 0.15) is 16.7 Å². The normalized spacial score (nSPS) is 14.3. The SMILES string of the molecule is C=C(C(=O)Nc1cc(-c2ccc(OC)cc2)sc1C(=O)N[C@H](C(=O)O)C1CCCCC1)c1c(Cl)cccc1Cl. The maximum atomic E-state index is 13.5. The Balaban J connectivity index is 1.66. The largest absolute Gasteiger partial charge is 0.497 e. The number of hydrogen-bond donors (Lipinski definition) is 3. The number of carboxylic acid groups (broad SMARTS) is 1. The van der Waals surface area contributed by atoms with E-state index in [1.807, 2.05) is 12.1 Å². The van der Waals surface area contributed by atoms with Crippen LogP contribution in [0.25, 0.3) is 16.0 Å². The van der Waals surface area contributed by atoms with Gasteiger partial charge in [0.15, 0.2) is 0 Å². The molecule has 1 aliphatic carbocycles. The molecular formula is C29H28Cl2N2O5S. The third kappa shape index (κ3) is 6.64. The van der Waals surface area contributed by atoms with Crippen LogP contribution in [0.4, 0.5) is 5.69 Å². The van der Waals surface area contributed by atoms with Gasteiger partial charge < -0.3 is 20.5 Å². The Hall–Kier alpha value is -3.33. The number of aliphatic carboxylic acids is 1. The van der Waals surface area contributed by atoms with Gasteiger partial charge >= 0.3 is 5.97 Å². The first kappa shape index (κ1) is 28.7. The molecule has 2 aromatic carbocycles. The van der Waals surface area contributed by atoms with Crippen molar-refractivity contribution in [1.82, 2.24) is 5.32 Å². The first-order valence-electron chi connectivity index (χ1n) is 12.5. The van der Waals surface area contributed by atoms with E-state index in [1.54, 1.807) is 43.5 Å². The molecule has 1 aromatic heterocycles. The lowest BCUT2D eigenvalue weighted by Gasteiger charge is -2.28. The quantitative estimate of drug-likeness (QED) is 0.231. The molecule has 1 fully saturated rings. The van der Waals surface area contributed by atoms with Crippen molar-refractivity contribution in [3.05, 3.63) is 75.6 Å². The van der Waals surface area contributed by atoms with Gasteiger partial charge in [-0.15, -0.1) is 11.3 Å². The van der Waals surface area contributed by atoms with Gasteiger partial charge in [-0.2, -0.15) is 0 Å². The summed E-state index contributed by atoms with van der Waals surface area (Å²) >= 11 is 13.7. The van der Waals surface area contributed by atoms with Crippen LogP contribution in [0, 0.1) is 5.92 Å². The highest BCUT2D eigenvalue weighted by atomic mass is 35.5. The maximum Gasteiger partial charge on any atom is 0.326 e. The summed E-state index contributed by atoms with van der Waals surface area (Å²) in [7, 11) is 1.57. The number of rotatable bonds is 9. The predicted molar refractivity (Wildman–Crippen MR) is 156 cm³/mol. The number of nitrogens with one attached hydrogen (secondary N) is 2. The van der Waals surface area contributed by atoms with E-state index in [4.69, 9.17) is 27.9 Å². The van der Waals surface area contributed by atoms with Crippen molar-refractivity contribution in [3.63, 3.8) is 0 Å². The Kier molecular flexibility index (Phi) is 9.32. The summed E-state index contributed by atoms with van der Waals surface area (Å²) in [6, 6.07) is 12.8. The molecule has 0 saturated heterocycles. The number of thiophene rings is 1. The number of ether oxygens (including phenoxy) is 1. The van der Waals surface area contributed by atoms with Crippen LogP contribution in [0.5, 0.6) is 5.75 Å². The Morgan fingerprint density at radius 3 is 2.28 bits per heavy atom. The highest BCUT2D eigenvalue weighted by Gasteiger charge is 2.32. The molecule has 1 atom stereocenters. The Morgan fingerprint density at radius 2 is 1.69 bits per heavy atom. The molecule has 7 nitrogen and oxygen atoms in total. The minimum absolute atomic E-state index is 0.0276. The molecule has 0 aliphatic heterocycles. The van der Waals surface area contributed by atoms with Crippen LogP contribution >= 0.6 is 34.5 Å². The second-order valence-electron chi connectivity index (χ2n) is 9.30. The molecule has 1 aliphatic rings. The highest BCUT2D eigenvalue weighted by Crippen LogP contribution is 2.37. The summed E-state index contributed by atoms with van der Waals surface area (Å²) in [5.41, 5.74) is 1.34. The maximum absolute atomic E-state index is 13.5. The molecule has 3 N–H and O–H groups in total. The van der Waals surface area contributed by atoms with E-state index < -0.39 is 23.8 Å². The molecule has 39 heavy (non-hydrogen) atoms. The van der Waals surface area contributed by atoms with E-state index in [2.05, 4.69) is 17.2 Å². The Morgan fingerprint density at radius 1 is 1.05 bits per heavy atom. The fourth-order valence-electron chi connectivity index (χ4n) is 4.70. The monoisotopic (exact) mass is 586 g/mol. The van der Waals surface area contributed by atoms with Gasteiger partial charge in [0.25, 0.3) is 11.8 Å². The zero-order chi connectivity index (χ0) is 28.1. The van der Waals surface area contributed by atoms with Gasteiger partial charge in [-0.1, -0.05) is 55.1 Å². The molecule has 10 heteroatoms. The molecule has 1 saturated carbocycles. The summed E-state index contributed by atoms with van der Waals surface area (Å²) in [5.74, 6) is -1.72. The highest BCUT2D eigenvalue weighted by molar-refractivity contribution is 7.18. The Labute approximate surface area is 240 Å². The number of benzene rings is 2. The number of carboxylic acids is 1. The minimum Gasteiger partial charge on any atom is -0.497 e. The van der Waals surface area contributed by atoms with Crippen molar-refractivity contribution in [1.29, 1.82) is 0 Å². The second-order valence-corrected chi connectivity index (χ2v) is 11.2. The summed E-state index contributed by atoms with van der Waals surface area (Å²) in [6.07, 6.45) is 4.39. The number of carbonyl (C=O) groups is 3. The topological polar surface area (TPSA) is 105 Å². The van der Waals surface area contributed by atoms with E-state index in [0.29, 0.717) is 10.6 Å². The first-order chi connectivity index (χ1) is 18.7. The number of methoxy groups -OCH3 is 1. The van der Waals surface area contributed by atoms with Crippen LogP contribution < -0.4 is 15.4 Å². The van der Waals surface area contributed by atoms with Crippen LogP contribution in [0.2, 0.25) is 10.0 Å². The average molecular weight is 588 g/mol. The number of halogens is 2. The summed E-state index contributed by atoms with van der Waals surface area (Å²) < 4.78 is 5.23. The van der Waals surface area contributed by atoms with Crippen molar-refractivity contribution in [2.24, 2.45) is 5.92 Å². The average Bonchev–Trinajstić information content (AvgIpc) is 3.35. The van der Waals surface area contributed by atoms with Gasteiger partial charge in [0, 0.05) is 16.0 Å². The molecule has 0 bridgehead atoms. The summed E-state index contributed by atoms with van der Waals surface area (Å²) in [6.45, 7) is 3.86. The number of amides is 2. The lowest BCUT2D eigenvalue weighted by atomic mass is 9.84. The van der Waals surface area contributed by atoms with Crippen molar-refractivity contribution < 1.29 is 24.2 Å². The van der Waals surface area contributed by atoms with Crippen LogP contribution in [0.15, 0.2) is 55.1 Å². The molecule has 2 amide bonds. The number of hydrogen-bond acceptors (Lipinski definition) is 5. The molecular weight excluding hydrogens is 559 g/mol. The first-order valence-corrected chi connectivity index (χ1v) is 14.0. The smallest absolute Gasteiger partial charge is 0.326 e. The molecule has 1 heterocycles. The van der Waals surface area contributed by atoms with Crippen LogP contribution in [-0.2, 0) is 9.59 Å². The third-order valence-corrected chi connectivity index (χ3v) is 8.59. The number of carbonyl (C=O) groups excluding carboxylic acids is 2. The van der Waals surface area contributed by atoms with E-state index >= 15 is 0 Å². The van der Waals surface area contributed by atoms with Crippen molar-refractivity contribution in [3.8, 4) is 16.2 Å². The van der Waals surface area contributed by atoms with E-state index in [-0.39, 0.29) is 37.7 Å². The van der Waals surface area contributed by atoms with Crippen molar-refractivity contribution >= 4 is 63.6 Å². The van der Waals surface area contributed by atoms with Gasteiger partial charge in [-0.05, 0) is 66.8 Å². The van der Waals surface area contributed by atoms with Gasteiger partial charge in [-0.3, -0.25) is 9.59 Å². The van der Waals surface area contributed by atoms with Crippen molar-refractivity contribution in [2.75, 3.05) is 12.4 Å².